The summed E-state index contributed by atoms with van der Waals surface area (Å²) < 4.78 is 0. The Kier molecular flexibility index (Phi) is 9.64. The van der Waals surface area contributed by atoms with Crippen LogP contribution >= 0.6 is 24.8 Å². The third-order valence-electron chi connectivity index (χ3n) is 1.83. The van der Waals surface area contributed by atoms with E-state index in [2.05, 4.69) is 15.3 Å². The highest BCUT2D eigenvalue weighted by Crippen LogP contribution is 2.01. The van der Waals surface area contributed by atoms with Crippen LogP contribution in [0.4, 0.5) is 5.82 Å². The summed E-state index contributed by atoms with van der Waals surface area (Å²) in [6.45, 7) is 2.38. The van der Waals surface area contributed by atoms with Gasteiger partial charge in [0.05, 0.1) is 0 Å². The van der Waals surface area contributed by atoms with Gasteiger partial charge in [-0.05, 0) is 13.3 Å². The van der Waals surface area contributed by atoms with Gasteiger partial charge in [-0.15, -0.1) is 24.8 Å². The molecule has 5 N–H and O–H groups in total. The van der Waals surface area contributed by atoms with Gasteiger partial charge >= 0.3 is 0 Å². The average molecular weight is 282 g/mol. The summed E-state index contributed by atoms with van der Waals surface area (Å²) in [4.78, 5) is 19.1. The molecule has 1 aromatic heterocycles. The van der Waals surface area contributed by atoms with E-state index < -0.39 is 0 Å². The van der Waals surface area contributed by atoms with E-state index in [0.29, 0.717) is 13.0 Å². The molecule has 0 saturated heterocycles. The molecule has 98 valence electrons. The summed E-state index contributed by atoms with van der Waals surface area (Å²) in [5.74, 6) is -0.183. The lowest BCUT2D eigenvalue weighted by atomic mass is 10.2. The zero-order chi connectivity index (χ0) is 11.3. The maximum atomic E-state index is 11.5. The fourth-order valence-electron chi connectivity index (χ4n) is 1.02. The highest BCUT2D eigenvalue weighted by Gasteiger charge is 2.10. The molecule has 0 aliphatic carbocycles. The highest BCUT2D eigenvalue weighted by molar-refractivity contribution is 5.96. The molecular weight excluding hydrogens is 265 g/mol. The Labute approximate surface area is 112 Å². The molecule has 1 amide bonds. The lowest BCUT2D eigenvalue weighted by Crippen LogP contribution is -2.30. The Hall–Kier alpha value is -1.11. The van der Waals surface area contributed by atoms with Crippen molar-refractivity contribution in [2.45, 2.75) is 19.4 Å². The second-order valence-electron chi connectivity index (χ2n) is 3.31. The van der Waals surface area contributed by atoms with Gasteiger partial charge in [0.15, 0.2) is 11.5 Å². The molecule has 8 heteroatoms. The van der Waals surface area contributed by atoms with Crippen LogP contribution in [0, 0.1) is 0 Å². The van der Waals surface area contributed by atoms with E-state index in [9.17, 15) is 4.79 Å². The molecular formula is C9H17Cl2N5O. The van der Waals surface area contributed by atoms with Crippen LogP contribution in [0.3, 0.4) is 0 Å². The Morgan fingerprint density at radius 3 is 2.53 bits per heavy atom. The number of anilines is 1. The van der Waals surface area contributed by atoms with Crippen LogP contribution in [0.25, 0.3) is 0 Å². The van der Waals surface area contributed by atoms with Crippen molar-refractivity contribution in [3.8, 4) is 0 Å². The van der Waals surface area contributed by atoms with Gasteiger partial charge in [0.2, 0.25) is 0 Å². The molecule has 0 bridgehead atoms. The summed E-state index contributed by atoms with van der Waals surface area (Å²) in [6, 6.07) is 0.0597. The number of rotatable bonds is 4. The van der Waals surface area contributed by atoms with Crippen LogP contribution in [0.2, 0.25) is 0 Å². The van der Waals surface area contributed by atoms with E-state index in [4.69, 9.17) is 11.5 Å². The molecule has 17 heavy (non-hydrogen) atoms. The predicted molar refractivity (Wildman–Crippen MR) is 71.5 cm³/mol. The second-order valence-corrected chi connectivity index (χ2v) is 3.31. The van der Waals surface area contributed by atoms with Crippen molar-refractivity contribution in [1.82, 2.24) is 15.3 Å². The number of hydrogen-bond acceptors (Lipinski definition) is 5. The molecule has 1 atom stereocenters. The fraction of sp³-hybridized carbons (Fsp3) is 0.444. The average Bonchev–Trinajstić information content (AvgIpc) is 2.17. The van der Waals surface area contributed by atoms with Crippen molar-refractivity contribution in [2.24, 2.45) is 5.73 Å². The number of nitrogens with one attached hydrogen (secondary N) is 1. The smallest absolute Gasteiger partial charge is 0.273 e. The van der Waals surface area contributed by atoms with Crippen LogP contribution < -0.4 is 16.8 Å². The van der Waals surface area contributed by atoms with Crippen molar-refractivity contribution in [3.63, 3.8) is 0 Å². The minimum absolute atomic E-state index is 0. The zero-order valence-electron chi connectivity index (χ0n) is 9.42. The maximum Gasteiger partial charge on any atom is 0.273 e. The number of carbonyl (C=O) groups excluding carboxylic acids is 1. The Bertz CT molecular complexity index is 348. The minimum Gasteiger partial charge on any atom is -0.382 e. The van der Waals surface area contributed by atoms with Crippen LogP contribution in [-0.4, -0.2) is 28.5 Å². The molecule has 0 aliphatic heterocycles. The highest BCUT2D eigenvalue weighted by atomic mass is 35.5. The number of aromatic nitrogens is 2. The Balaban J connectivity index is 0. The van der Waals surface area contributed by atoms with E-state index in [0.717, 1.165) is 0 Å². The van der Waals surface area contributed by atoms with Gasteiger partial charge in [-0.2, -0.15) is 0 Å². The number of nitrogen functional groups attached to an aromatic ring is 1. The Morgan fingerprint density at radius 2 is 2.00 bits per heavy atom. The van der Waals surface area contributed by atoms with Crippen LogP contribution in [-0.2, 0) is 0 Å². The summed E-state index contributed by atoms with van der Waals surface area (Å²) in [5.41, 5.74) is 11.2. The third kappa shape index (κ3) is 6.25. The van der Waals surface area contributed by atoms with Crippen LogP contribution in [0.15, 0.2) is 12.4 Å². The number of amides is 1. The summed E-state index contributed by atoms with van der Waals surface area (Å²) in [6.07, 6.45) is 3.58. The second kappa shape index (κ2) is 8.98. The monoisotopic (exact) mass is 281 g/mol. The molecule has 0 radical (unpaired) electrons. The van der Waals surface area contributed by atoms with Gasteiger partial charge in [-0.25, -0.2) is 9.97 Å². The fourth-order valence-corrected chi connectivity index (χ4v) is 1.02. The van der Waals surface area contributed by atoms with Gasteiger partial charge in [-0.3, -0.25) is 4.79 Å². The first-order valence-electron chi connectivity index (χ1n) is 4.71. The predicted octanol–water partition coefficient (Wildman–Crippen LogP) is 0.369. The van der Waals surface area contributed by atoms with Gasteiger partial charge < -0.3 is 16.8 Å². The van der Waals surface area contributed by atoms with Crippen LogP contribution in [0.5, 0.6) is 0 Å². The number of nitrogens with zero attached hydrogens (tertiary/aromatic N) is 2. The first kappa shape index (κ1) is 18.3. The van der Waals surface area contributed by atoms with Crippen molar-refractivity contribution >= 4 is 36.5 Å². The van der Waals surface area contributed by atoms with Crippen molar-refractivity contribution in [3.05, 3.63) is 18.1 Å². The van der Waals surface area contributed by atoms with E-state index in [1.165, 1.54) is 12.4 Å². The molecule has 0 spiro atoms. The first-order chi connectivity index (χ1) is 7.11. The minimum atomic E-state index is -0.318. The molecule has 6 nitrogen and oxygen atoms in total. The lowest BCUT2D eigenvalue weighted by molar-refractivity contribution is 0.0948. The number of carbonyl (C=O) groups is 1. The molecule has 1 heterocycles. The zero-order valence-corrected chi connectivity index (χ0v) is 11.1. The van der Waals surface area contributed by atoms with Gasteiger partial charge in [0.1, 0.15) is 0 Å². The van der Waals surface area contributed by atoms with Crippen molar-refractivity contribution < 1.29 is 4.79 Å². The molecule has 0 aliphatic rings. The van der Waals surface area contributed by atoms with Crippen LogP contribution in [0.1, 0.15) is 23.8 Å². The quantitative estimate of drug-likeness (QED) is 0.739. The summed E-state index contributed by atoms with van der Waals surface area (Å²) >= 11 is 0. The number of halogens is 2. The van der Waals surface area contributed by atoms with Gasteiger partial charge in [0.25, 0.3) is 5.91 Å². The normalized spacial score (nSPS) is 10.7. The third-order valence-corrected chi connectivity index (χ3v) is 1.83. The van der Waals surface area contributed by atoms with E-state index in [1.54, 1.807) is 0 Å². The van der Waals surface area contributed by atoms with Crippen molar-refractivity contribution in [2.75, 3.05) is 12.3 Å². The molecule has 1 aromatic rings. The molecule has 0 aromatic carbocycles. The first-order valence-corrected chi connectivity index (χ1v) is 4.71. The topological polar surface area (TPSA) is 107 Å². The van der Waals surface area contributed by atoms with Crippen molar-refractivity contribution in [1.29, 1.82) is 0 Å². The number of hydrogen-bond donors (Lipinski definition) is 3. The summed E-state index contributed by atoms with van der Waals surface area (Å²) in [7, 11) is 0. The number of nitrogens with two attached hydrogens (primary N) is 2. The lowest BCUT2D eigenvalue weighted by Gasteiger charge is -2.07. The van der Waals surface area contributed by atoms with E-state index in [1.807, 2.05) is 6.92 Å². The SMILES string of the molecule is CC(N)CCNC(=O)c1nccnc1N.Cl.Cl. The maximum absolute atomic E-state index is 11.5. The van der Waals surface area contributed by atoms with Gasteiger partial charge in [-0.1, -0.05) is 0 Å². The largest absolute Gasteiger partial charge is 0.382 e. The van der Waals surface area contributed by atoms with Gasteiger partial charge in [0, 0.05) is 25.0 Å². The molecule has 1 rings (SSSR count). The standard InChI is InChI=1S/C9H15N5O.2ClH/c1-6(10)2-3-14-9(15)7-8(11)13-5-4-12-7;;/h4-6H,2-3,10H2,1H3,(H2,11,13)(H,14,15);2*1H. The molecule has 0 saturated carbocycles. The Morgan fingerprint density at radius 1 is 1.41 bits per heavy atom. The van der Waals surface area contributed by atoms with E-state index >= 15 is 0 Å². The molecule has 1 unspecified atom stereocenters. The van der Waals surface area contributed by atoms with E-state index in [-0.39, 0.29) is 48.3 Å². The molecule has 0 fully saturated rings. The summed E-state index contributed by atoms with van der Waals surface area (Å²) in [5, 5.41) is 2.67.